The molecule has 30 heavy (non-hydrogen) atoms. The number of thiophene rings is 1. The fraction of sp³-hybridized carbons (Fsp3) is 0.400. The Kier molecular flexibility index (Phi) is 5.08. The van der Waals surface area contributed by atoms with Crippen molar-refractivity contribution >= 4 is 28.8 Å². The third kappa shape index (κ3) is 3.46. The van der Waals surface area contributed by atoms with Crippen LogP contribution in [0.25, 0.3) is 0 Å². The van der Waals surface area contributed by atoms with E-state index in [0.717, 1.165) is 11.6 Å². The number of fused-ring (bicyclic) bond motifs is 1. The first-order valence-corrected chi connectivity index (χ1v) is 10.1. The second-order valence-electron chi connectivity index (χ2n) is 7.64. The highest BCUT2D eigenvalue weighted by atomic mass is 32.1. The number of nitrogens with zero attached hydrogens (tertiary/aromatic N) is 1. The van der Waals surface area contributed by atoms with Gasteiger partial charge in [0.25, 0.3) is 5.92 Å². The second kappa shape index (κ2) is 7.33. The minimum atomic E-state index is -2.78. The zero-order valence-electron chi connectivity index (χ0n) is 15.8. The van der Waals surface area contributed by atoms with E-state index >= 15 is 0 Å². The fourth-order valence-electron chi connectivity index (χ4n) is 4.12. The number of rotatable bonds is 3. The number of benzene rings is 1. The van der Waals surface area contributed by atoms with Crippen molar-refractivity contribution < 1.29 is 31.5 Å². The monoisotopic (exact) mass is 444 g/mol. The molecule has 4 nitrogen and oxygen atoms in total. The van der Waals surface area contributed by atoms with Crippen LogP contribution in [0.3, 0.4) is 0 Å². The summed E-state index contributed by atoms with van der Waals surface area (Å²) in [5.41, 5.74) is 0.817. The summed E-state index contributed by atoms with van der Waals surface area (Å²) >= 11 is 1.17. The molecule has 4 rings (SSSR count). The van der Waals surface area contributed by atoms with E-state index in [9.17, 15) is 31.5 Å². The van der Waals surface area contributed by atoms with Crippen LogP contribution in [0.1, 0.15) is 28.3 Å². The second-order valence-corrected chi connectivity index (χ2v) is 8.60. The van der Waals surface area contributed by atoms with Crippen LogP contribution in [0, 0.1) is 23.4 Å². The molecular weight excluding hydrogens is 427 g/mol. The number of halogens is 5. The van der Waals surface area contributed by atoms with E-state index in [0.29, 0.717) is 16.5 Å². The number of hydrogen-bond acceptors (Lipinski definition) is 3. The van der Waals surface area contributed by atoms with Gasteiger partial charge in [0.2, 0.25) is 11.8 Å². The largest absolute Gasteiger partial charge is 0.344 e. The standard InChI is InChI=1S/C20H17F5N2O2S/c1-27-7-10(11-8-30-14-6-20(24,25)5-4-9(11)14)15(19(27)29)18(28)26-13-3-2-12(21)16(22)17(13)23/h2-3,8,10,15H,4-7H2,1H3,(H,26,28)/t10-,15+/m1/s1. The maximum Gasteiger partial charge on any atom is 0.253 e. The molecule has 2 atom stereocenters. The lowest BCUT2D eigenvalue weighted by Crippen LogP contribution is -2.33. The number of likely N-dealkylation sites (N-methyl/N-ethyl adjacent to an activating group) is 1. The van der Waals surface area contributed by atoms with Gasteiger partial charge < -0.3 is 10.2 Å². The van der Waals surface area contributed by atoms with Crippen LogP contribution in [-0.4, -0.2) is 36.2 Å². The SMILES string of the molecule is CN1C[C@H](c2csc3c2CCC(F)(F)C3)[C@@H](C(=O)Nc2ccc(F)c(F)c2F)C1=O. The zero-order valence-corrected chi connectivity index (χ0v) is 16.6. The smallest absolute Gasteiger partial charge is 0.253 e. The number of amides is 2. The van der Waals surface area contributed by atoms with Crippen molar-refractivity contribution in [3.05, 3.63) is 51.0 Å². The molecule has 0 radical (unpaired) electrons. The van der Waals surface area contributed by atoms with Crippen molar-refractivity contribution in [2.75, 3.05) is 18.9 Å². The lowest BCUT2D eigenvalue weighted by molar-refractivity contribution is -0.135. The first-order chi connectivity index (χ1) is 14.1. The first kappa shape index (κ1) is 20.8. The predicted octanol–water partition coefficient (Wildman–Crippen LogP) is 4.10. The maximum absolute atomic E-state index is 14.0. The number of carbonyl (C=O) groups excluding carboxylic acids is 2. The van der Waals surface area contributed by atoms with Gasteiger partial charge >= 0.3 is 0 Å². The van der Waals surface area contributed by atoms with Gasteiger partial charge in [-0.05, 0) is 35.1 Å². The van der Waals surface area contributed by atoms with Crippen molar-refractivity contribution in [1.82, 2.24) is 4.90 Å². The van der Waals surface area contributed by atoms with Gasteiger partial charge in [0.05, 0.1) is 5.69 Å². The Bertz CT molecular complexity index is 1040. The average Bonchev–Trinajstić information content (AvgIpc) is 3.21. The molecule has 1 aliphatic carbocycles. The molecule has 0 bridgehead atoms. The lowest BCUT2D eigenvalue weighted by Gasteiger charge is -2.24. The number of alkyl halides is 2. The summed E-state index contributed by atoms with van der Waals surface area (Å²) in [7, 11) is 1.51. The molecular formula is C20H17F5N2O2S. The van der Waals surface area contributed by atoms with E-state index in [1.807, 2.05) is 0 Å². The summed E-state index contributed by atoms with van der Waals surface area (Å²) in [6.07, 6.45) is -0.542. The van der Waals surface area contributed by atoms with E-state index in [-0.39, 0.29) is 25.8 Å². The number of likely N-dealkylation sites (tertiary alicyclic amines) is 1. The fourth-order valence-corrected chi connectivity index (χ4v) is 5.36. The highest BCUT2D eigenvalue weighted by Crippen LogP contribution is 2.44. The number of carbonyl (C=O) groups is 2. The summed E-state index contributed by atoms with van der Waals surface area (Å²) in [5, 5.41) is 3.87. The van der Waals surface area contributed by atoms with Crippen molar-refractivity contribution in [3.8, 4) is 0 Å². The van der Waals surface area contributed by atoms with E-state index in [2.05, 4.69) is 5.32 Å². The Labute approximate surface area is 172 Å². The average molecular weight is 444 g/mol. The minimum Gasteiger partial charge on any atom is -0.344 e. The summed E-state index contributed by atoms with van der Waals surface area (Å²) < 4.78 is 68.0. The van der Waals surface area contributed by atoms with Gasteiger partial charge in [-0.25, -0.2) is 22.0 Å². The lowest BCUT2D eigenvalue weighted by atomic mass is 9.83. The van der Waals surface area contributed by atoms with Gasteiger partial charge in [0.1, 0.15) is 5.92 Å². The van der Waals surface area contributed by atoms with Crippen molar-refractivity contribution in [3.63, 3.8) is 0 Å². The molecule has 2 aliphatic rings. The summed E-state index contributed by atoms with van der Waals surface area (Å²) in [4.78, 5) is 27.4. The van der Waals surface area contributed by atoms with Gasteiger partial charge in [-0.2, -0.15) is 0 Å². The predicted molar refractivity (Wildman–Crippen MR) is 100 cm³/mol. The van der Waals surface area contributed by atoms with Gasteiger partial charge in [0.15, 0.2) is 17.5 Å². The van der Waals surface area contributed by atoms with E-state index in [4.69, 9.17) is 0 Å². The Morgan fingerprint density at radius 1 is 1.23 bits per heavy atom. The van der Waals surface area contributed by atoms with E-state index < -0.39 is 52.7 Å². The third-order valence-electron chi connectivity index (χ3n) is 5.66. The van der Waals surface area contributed by atoms with Crippen LogP contribution in [0.5, 0.6) is 0 Å². The first-order valence-electron chi connectivity index (χ1n) is 9.25. The minimum absolute atomic E-state index is 0.141. The molecule has 1 saturated heterocycles. The van der Waals surface area contributed by atoms with E-state index in [1.54, 1.807) is 5.38 Å². The molecule has 1 N–H and O–H groups in total. The molecule has 2 aromatic rings. The number of anilines is 1. The summed E-state index contributed by atoms with van der Waals surface area (Å²) in [5.74, 6) is -10.7. The van der Waals surface area contributed by atoms with Gasteiger partial charge in [-0.1, -0.05) is 0 Å². The van der Waals surface area contributed by atoms with Crippen molar-refractivity contribution in [1.29, 1.82) is 0 Å². The summed E-state index contributed by atoms with van der Waals surface area (Å²) in [6, 6.07) is 1.54. The highest BCUT2D eigenvalue weighted by Gasteiger charge is 2.47. The molecule has 1 aromatic heterocycles. The Hall–Kier alpha value is -2.49. The Morgan fingerprint density at radius 2 is 1.97 bits per heavy atom. The number of nitrogens with one attached hydrogen (secondary N) is 1. The van der Waals surface area contributed by atoms with Crippen LogP contribution in [-0.2, 0) is 22.4 Å². The molecule has 2 amide bonds. The topological polar surface area (TPSA) is 49.4 Å². The molecule has 160 valence electrons. The molecule has 1 fully saturated rings. The van der Waals surface area contributed by atoms with Gasteiger partial charge in [-0.15, -0.1) is 11.3 Å². The quantitative estimate of drug-likeness (QED) is 0.440. The molecule has 0 unspecified atom stereocenters. The van der Waals surface area contributed by atoms with Crippen molar-refractivity contribution in [2.45, 2.75) is 31.1 Å². The maximum atomic E-state index is 14.0. The molecule has 10 heteroatoms. The van der Waals surface area contributed by atoms with Crippen LogP contribution in [0.4, 0.5) is 27.6 Å². The highest BCUT2D eigenvalue weighted by molar-refractivity contribution is 7.10. The molecule has 0 spiro atoms. The Balaban J connectivity index is 1.64. The molecule has 2 heterocycles. The van der Waals surface area contributed by atoms with Crippen molar-refractivity contribution in [2.24, 2.45) is 5.92 Å². The summed E-state index contributed by atoms with van der Waals surface area (Å²) in [6.45, 7) is 0.191. The van der Waals surface area contributed by atoms with Gasteiger partial charge in [0, 0.05) is 37.2 Å². The zero-order chi connectivity index (χ0) is 21.8. The van der Waals surface area contributed by atoms with Gasteiger partial charge in [-0.3, -0.25) is 9.59 Å². The number of hydrogen-bond donors (Lipinski definition) is 1. The Morgan fingerprint density at radius 3 is 2.70 bits per heavy atom. The van der Waals surface area contributed by atoms with Crippen LogP contribution in [0.15, 0.2) is 17.5 Å². The van der Waals surface area contributed by atoms with Crippen LogP contribution < -0.4 is 5.32 Å². The molecule has 1 aromatic carbocycles. The molecule has 1 aliphatic heterocycles. The normalized spacial score (nSPS) is 22.9. The van der Waals surface area contributed by atoms with Crippen LogP contribution >= 0.6 is 11.3 Å². The third-order valence-corrected chi connectivity index (χ3v) is 6.71. The van der Waals surface area contributed by atoms with E-state index in [1.165, 1.54) is 23.3 Å². The van der Waals surface area contributed by atoms with Crippen LogP contribution in [0.2, 0.25) is 0 Å². The molecule has 0 saturated carbocycles.